The maximum absolute atomic E-state index is 12.9. The Bertz CT molecular complexity index is 639. The smallest absolute Gasteiger partial charge is 0.221 e. The minimum Gasteiger partial charge on any atom is -0.364 e. The third-order valence-electron chi connectivity index (χ3n) is 4.42. The second-order valence-electron chi connectivity index (χ2n) is 6.16. The Morgan fingerprint density at radius 3 is 2.67 bits per heavy atom. The van der Waals surface area contributed by atoms with Crippen molar-refractivity contribution in [1.82, 2.24) is 4.98 Å². The predicted molar refractivity (Wildman–Crippen MR) is 82.8 cm³/mol. The summed E-state index contributed by atoms with van der Waals surface area (Å²) in [5.41, 5.74) is 1.82. The van der Waals surface area contributed by atoms with E-state index >= 15 is 0 Å². The highest BCUT2D eigenvalue weighted by molar-refractivity contribution is 6.09. The van der Waals surface area contributed by atoms with Crippen molar-refractivity contribution in [2.75, 3.05) is 13.1 Å². The van der Waals surface area contributed by atoms with Crippen LogP contribution in [0.5, 0.6) is 0 Å². The van der Waals surface area contributed by atoms with Crippen LogP contribution in [-0.2, 0) is 4.74 Å². The molecular formula is C17H23N2O2+. The fourth-order valence-electron chi connectivity index (χ4n) is 3.36. The van der Waals surface area contributed by atoms with E-state index in [2.05, 4.69) is 18.8 Å². The minimum absolute atomic E-state index is 0.0435. The Balaban J connectivity index is 1.84. The van der Waals surface area contributed by atoms with Crippen LogP contribution in [0.15, 0.2) is 30.5 Å². The van der Waals surface area contributed by atoms with Crippen LogP contribution >= 0.6 is 0 Å². The third-order valence-corrected chi connectivity index (χ3v) is 4.42. The van der Waals surface area contributed by atoms with Gasteiger partial charge in [-0.3, -0.25) is 4.79 Å². The zero-order valence-corrected chi connectivity index (χ0v) is 12.8. The Labute approximate surface area is 125 Å². The van der Waals surface area contributed by atoms with E-state index in [1.807, 2.05) is 37.4 Å². The highest BCUT2D eigenvalue weighted by Crippen LogP contribution is 2.18. The van der Waals surface area contributed by atoms with Crippen molar-refractivity contribution in [2.45, 2.75) is 39.0 Å². The molecule has 3 atom stereocenters. The number of ether oxygens (including phenoxy) is 1. The monoisotopic (exact) mass is 287 g/mol. The van der Waals surface area contributed by atoms with Gasteiger partial charge in [-0.05, 0) is 26.8 Å². The van der Waals surface area contributed by atoms with Gasteiger partial charge in [-0.25, -0.2) is 0 Å². The van der Waals surface area contributed by atoms with Crippen LogP contribution < -0.4 is 4.90 Å². The molecular weight excluding hydrogens is 264 g/mol. The van der Waals surface area contributed by atoms with Gasteiger partial charge in [0.1, 0.15) is 31.3 Å². The zero-order chi connectivity index (χ0) is 15.0. The van der Waals surface area contributed by atoms with Crippen LogP contribution in [0.1, 0.15) is 31.1 Å². The molecule has 1 aliphatic heterocycles. The number of H-pyrrole nitrogens is 1. The van der Waals surface area contributed by atoms with Crippen molar-refractivity contribution in [3.05, 3.63) is 36.0 Å². The molecule has 0 saturated carbocycles. The Morgan fingerprint density at radius 1 is 1.29 bits per heavy atom. The highest BCUT2D eigenvalue weighted by Gasteiger charge is 2.34. The summed E-state index contributed by atoms with van der Waals surface area (Å²) in [4.78, 5) is 17.4. The number of benzene rings is 1. The molecule has 0 aliphatic carbocycles. The average Bonchev–Trinajstić information content (AvgIpc) is 2.88. The number of nitrogens with one attached hydrogen (secondary N) is 2. The van der Waals surface area contributed by atoms with Crippen LogP contribution in [-0.4, -0.2) is 42.1 Å². The van der Waals surface area contributed by atoms with Gasteiger partial charge in [-0.15, -0.1) is 0 Å². The molecule has 0 unspecified atom stereocenters. The minimum atomic E-state index is -0.0435. The third kappa shape index (κ3) is 2.74. The lowest BCUT2D eigenvalue weighted by Gasteiger charge is -2.35. The van der Waals surface area contributed by atoms with E-state index in [0.717, 1.165) is 29.6 Å². The number of morpholine rings is 1. The van der Waals surface area contributed by atoms with Crippen LogP contribution in [0.3, 0.4) is 0 Å². The molecule has 2 heterocycles. The number of para-hydroxylation sites is 1. The van der Waals surface area contributed by atoms with E-state index in [-0.39, 0.29) is 24.0 Å². The zero-order valence-electron chi connectivity index (χ0n) is 12.8. The Hall–Kier alpha value is -1.65. The van der Waals surface area contributed by atoms with Gasteiger partial charge >= 0.3 is 0 Å². The molecule has 0 radical (unpaired) electrons. The molecule has 1 aromatic heterocycles. The first-order valence-corrected chi connectivity index (χ1v) is 7.66. The average molecular weight is 287 g/mol. The van der Waals surface area contributed by atoms with Gasteiger partial charge in [0.05, 0.1) is 0 Å². The molecule has 2 N–H and O–H groups in total. The maximum Gasteiger partial charge on any atom is 0.221 e. The molecule has 1 aromatic carbocycles. The number of carbonyl (C=O) groups excluding carboxylic acids is 1. The quantitative estimate of drug-likeness (QED) is 0.839. The van der Waals surface area contributed by atoms with Gasteiger partial charge in [-0.1, -0.05) is 18.2 Å². The number of aromatic nitrogens is 1. The highest BCUT2D eigenvalue weighted by atomic mass is 16.5. The molecule has 3 rings (SSSR count). The fourth-order valence-corrected chi connectivity index (χ4v) is 3.36. The van der Waals surface area contributed by atoms with Crippen molar-refractivity contribution in [3.63, 3.8) is 0 Å². The van der Waals surface area contributed by atoms with Crippen LogP contribution in [0.25, 0.3) is 10.9 Å². The van der Waals surface area contributed by atoms with Crippen LogP contribution in [0.2, 0.25) is 0 Å². The molecule has 0 bridgehead atoms. The van der Waals surface area contributed by atoms with Crippen molar-refractivity contribution < 1.29 is 14.4 Å². The van der Waals surface area contributed by atoms with Crippen molar-refractivity contribution in [2.24, 2.45) is 0 Å². The molecule has 21 heavy (non-hydrogen) atoms. The van der Waals surface area contributed by atoms with E-state index in [0.29, 0.717) is 0 Å². The van der Waals surface area contributed by atoms with E-state index in [1.54, 1.807) is 0 Å². The van der Waals surface area contributed by atoms with Gasteiger partial charge in [0.15, 0.2) is 0 Å². The second kappa shape index (κ2) is 5.62. The molecule has 4 heteroatoms. The van der Waals surface area contributed by atoms with E-state index < -0.39 is 0 Å². The summed E-state index contributed by atoms with van der Waals surface area (Å²) in [6.45, 7) is 7.97. The molecule has 1 saturated heterocycles. The van der Waals surface area contributed by atoms with Crippen LogP contribution in [0, 0.1) is 0 Å². The summed E-state index contributed by atoms with van der Waals surface area (Å²) in [6, 6.07) is 7.92. The lowest BCUT2D eigenvalue weighted by molar-refractivity contribution is -0.928. The van der Waals surface area contributed by atoms with E-state index in [4.69, 9.17) is 4.74 Å². The van der Waals surface area contributed by atoms with Gasteiger partial charge in [-0.2, -0.15) is 0 Å². The Morgan fingerprint density at radius 2 is 1.95 bits per heavy atom. The summed E-state index contributed by atoms with van der Waals surface area (Å²) in [5, 5.41) is 1.02. The molecule has 112 valence electrons. The van der Waals surface area contributed by atoms with Gasteiger partial charge in [0.2, 0.25) is 5.78 Å². The summed E-state index contributed by atoms with van der Waals surface area (Å²) in [5.74, 6) is 0.212. The predicted octanol–water partition coefficient (Wildman–Crippen LogP) is 1.43. The summed E-state index contributed by atoms with van der Waals surface area (Å²) in [6.07, 6.45) is 2.26. The molecule has 2 aromatic rings. The Kier molecular flexibility index (Phi) is 3.83. The van der Waals surface area contributed by atoms with E-state index in [1.165, 1.54) is 4.90 Å². The molecule has 0 amide bonds. The first-order valence-electron chi connectivity index (χ1n) is 7.66. The number of ketones is 1. The maximum atomic E-state index is 12.9. The molecule has 1 fully saturated rings. The summed E-state index contributed by atoms with van der Waals surface area (Å²) < 4.78 is 5.77. The number of carbonyl (C=O) groups is 1. The number of rotatable bonds is 3. The topological polar surface area (TPSA) is 46.5 Å². The largest absolute Gasteiger partial charge is 0.364 e. The number of Topliss-reactive ketones (excluding diaryl/α,β-unsaturated/α-hetero) is 1. The normalized spacial score (nSPS) is 27.7. The number of fused-ring (bicyclic) bond motifs is 1. The number of quaternary nitrogens is 1. The lowest BCUT2D eigenvalue weighted by atomic mass is 10.0. The fraction of sp³-hybridized carbons (Fsp3) is 0.471. The van der Waals surface area contributed by atoms with E-state index in [9.17, 15) is 4.79 Å². The number of hydrogen-bond acceptors (Lipinski definition) is 2. The number of aromatic amines is 1. The molecule has 1 aliphatic rings. The standard InChI is InChI=1S/C17H22N2O2/c1-11-9-19(10-12(2)21-11)13(3)17(20)15-8-18-16-7-5-4-6-14(15)16/h4-8,11-13,18H,9-10H2,1-3H3/p+1/t11-,12-,13+/m1/s1. The van der Waals surface area contributed by atoms with Crippen LogP contribution in [0.4, 0.5) is 0 Å². The van der Waals surface area contributed by atoms with Gasteiger partial charge in [0, 0.05) is 22.7 Å². The van der Waals surface area contributed by atoms with Crippen molar-refractivity contribution in [1.29, 1.82) is 0 Å². The summed E-state index contributed by atoms with van der Waals surface area (Å²) in [7, 11) is 0. The van der Waals surface area contributed by atoms with Crippen molar-refractivity contribution >= 4 is 16.7 Å². The molecule has 0 spiro atoms. The lowest BCUT2D eigenvalue weighted by Crippen LogP contribution is -3.19. The SMILES string of the molecule is C[C@@H]1C[NH+]([C@@H](C)C(=O)c2c[nH]c3ccccc23)C[C@@H](C)O1. The number of hydrogen-bond donors (Lipinski definition) is 2. The first kappa shape index (κ1) is 14.3. The van der Waals surface area contributed by atoms with Gasteiger partial charge < -0.3 is 14.6 Å². The van der Waals surface area contributed by atoms with Crippen molar-refractivity contribution in [3.8, 4) is 0 Å². The van der Waals surface area contributed by atoms with Gasteiger partial charge in [0.25, 0.3) is 0 Å². The summed E-state index contributed by atoms with van der Waals surface area (Å²) >= 11 is 0. The molecule has 4 nitrogen and oxygen atoms in total. The first-order chi connectivity index (χ1) is 10.1. The second-order valence-corrected chi connectivity index (χ2v) is 6.16.